The normalized spacial score (nSPS) is 14.5. The molecule has 184 valence electrons. The average Bonchev–Trinajstić information content (AvgIpc) is 3.27. The largest absolute Gasteiger partial charge is 0.480 e. The van der Waals surface area contributed by atoms with Gasteiger partial charge in [-0.25, -0.2) is 9.37 Å². The molecule has 0 unspecified atom stereocenters. The van der Waals surface area contributed by atoms with Gasteiger partial charge in [-0.3, -0.25) is 14.6 Å². The number of amides is 2. The Kier molecular flexibility index (Phi) is 7.40. The zero-order valence-electron chi connectivity index (χ0n) is 19.9. The first-order chi connectivity index (χ1) is 16.9. The van der Waals surface area contributed by atoms with Gasteiger partial charge in [-0.15, -0.1) is 0 Å². The smallest absolute Gasteiger partial charge is 0.268 e. The summed E-state index contributed by atoms with van der Waals surface area (Å²) in [6, 6.07) is 6.86. The Morgan fingerprint density at radius 1 is 1.17 bits per heavy atom. The molecule has 0 saturated carbocycles. The first-order valence-electron chi connectivity index (χ1n) is 11.4. The van der Waals surface area contributed by atoms with Crippen LogP contribution in [0.25, 0.3) is 0 Å². The van der Waals surface area contributed by atoms with Crippen LogP contribution in [0.3, 0.4) is 0 Å². The van der Waals surface area contributed by atoms with Gasteiger partial charge in [0.1, 0.15) is 11.5 Å². The number of halogens is 1. The summed E-state index contributed by atoms with van der Waals surface area (Å²) in [5.74, 6) is -0.597. The second-order valence-electron chi connectivity index (χ2n) is 8.26. The first-order valence-corrected chi connectivity index (χ1v) is 11.4. The van der Waals surface area contributed by atoms with E-state index in [1.54, 1.807) is 24.4 Å². The molecular weight excluding hydrogens is 453 g/mol. The Morgan fingerprint density at radius 3 is 2.60 bits per heavy atom. The molecule has 2 atom stereocenters. The van der Waals surface area contributed by atoms with Gasteiger partial charge in [0, 0.05) is 6.54 Å². The molecule has 2 N–H and O–H groups in total. The van der Waals surface area contributed by atoms with Crippen molar-refractivity contribution in [1.82, 2.24) is 25.2 Å². The van der Waals surface area contributed by atoms with Gasteiger partial charge < -0.3 is 24.7 Å². The van der Waals surface area contributed by atoms with Crippen molar-refractivity contribution in [3.8, 4) is 5.88 Å². The molecule has 1 aliphatic heterocycles. The van der Waals surface area contributed by atoms with Crippen LogP contribution in [0.4, 0.5) is 4.39 Å². The lowest BCUT2D eigenvalue weighted by molar-refractivity contribution is 0.0774. The van der Waals surface area contributed by atoms with Crippen LogP contribution in [0.5, 0.6) is 5.88 Å². The summed E-state index contributed by atoms with van der Waals surface area (Å²) in [6.45, 7) is 4.88. The number of nitrogens with one attached hydrogen (secondary N) is 2. The number of fused-ring (bicyclic) bond motifs is 1. The number of carbonyl (C=O) groups excluding carboxylic acids is 2. The Bertz CT molecular complexity index is 1190. The summed E-state index contributed by atoms with van der Waals surface area (Å²) >= 11 is 0. The minimum absolute atomic E-state index is 0.225. The van der Waals surface area contributed by atoms with Gasteiger partial charge in [-0.05, 0) is 37.1 Å². The highest BCUT2D eigenvalue weighted by Crippen LogP contribution is 2.24. The zero-order valence-corrected chi connectivity index (χ0v) is 19.9. The van der Waals surface area contributed by atoms with Crippen LogP contribution in [-0.4, -0.2) is 40.1 Å². The lowest BCUT2D eigenvalue weighted by atomic mass is 10.1. The number of nitrogens with zero attached hydrogens (tertiary/aromatic N) is 3. The quantitative estimate of drug-likeness (QED) is 0.511. The van der Waals surface area contributed by atoms with Crippen LogP contribution < -0.4 is 15.4 Å². The van der Waals surface area contributed by atoms with Gasteiger partial charge in [-0.2, -0.15) is 0 Å². The van der Waals surface area contributed by atoms with Gasteiger partial charge in [0.2, 0.25) is 5.88 Å². The molecule has 1 aliphatic rings. The molecule has 10 heteroatoms. The van der Waals surface area contributed by atoms with E-state index in [9.17, 15) is 14.0 Å². The predicted molar refractivity (Wildman–Crippen MR) is 125 cm³/mol. The Hall–Kier alpha value is -3.79. The number of carbonyl (C=O) groups is 2. The van der Waals surface area contributed by atoms with Crippen molar-refractivity contribution in [3.05, 3.63) is 76.8 Å². The van der Waals surface area contributed by atoms with Crippen molar-refractivity contribution in [1.29, 1.82) is 0 Å². The molecule has 0 radical (unpaired) electrons. The topological polar surface area (TPSA) is 107 Å². The summed E-state index contributed by atoms with van der Waals surface area (Å²) in [5.41, 5.74) is 2.78. The van der Waals surface area contributed by atoms with E-state index in [1.165, 1.54) is 25.4 Å². The zero-order chi connectivity index (χ0) is 24.9. The van der Waals surface area contributed by atoms with Gasteiger partial charge in [0.25, 0.3) is 11.8 Å². The molecule has 2 aromatic heterocycles. The first kappa shape index (κ1) is 24.3. The van der Waals surface area contributed by atoms with Gasteiger partial charge in [-0.1, -0.05) is 19.1 Å². The third kappa shape index (κ3) is 5.32. The lowest BCUT2D eigenvalue weighted by Crippen LogP contribution is -2.31. The van der Waals surface area contributed by atoms with Gasteiger partial charge in [0.05, 0.1) is 61.8 Å². The second-order valence-corrected chi connectivity index (χ2v) is 8.26. The van der Waals surface area contributed by atoms with Crippen LogP contribution in [0.2, 0.25) is 0 Å². The number of hydrogen-bond acceptors (Lipinski definition) is 6. The van der Waals surface area contributed by atoms with E-state index in [0.717, 1.165) is 5.56 Å². The van der Waals surface area contributed by atoms with Crippen molar-refractivity contribution < 1.29 is 23.5 Å². The molecule has 0 fully saturated rings. The van der Waals surface area contributed by atoms with Crippen molar-refractivity contribution in [3.63, 3.8) is 0 Å². The number of rotatable bonds is 8. The minimum atomic E-state index is -0.364. The van der Waals surface area contributed by atoms with Gasteiger partial charge >= 0.3 is 0 Å². The summed E-state index contributed by atoms with van der Waals surface area (Å²) < 4.78 is 25.7. The number of benzene rings is 1. The molecule has 0 saturated heterocycles. The predicted octanol–water partition coefficient (Wildman–Crippen LogP) is 3.33. The van der Waals surface area contributed by atoms with Crippen LogP contribution >= 0.6 is 0 Å². The Morgan fingerprint density at radius 2 is 1.94 bits per heavy atom. The number of aromatic nitrogens is 3. The molecular formula is C25H28FN5O4. The van der Waals surface area contributed by atoms with Gasteiger partial charge in [0.15, 0.2) is 0 Å². The third-order valence-corrected chi connectivity index (χ3v) is 6.03. The molecule has 35 heavy (non-hydrogen) atoms. The maximum Gasteiger partial charge on any atom is 0.268 e. The van der Waals surface area contributed by atoms with Crippen molar-refractivity contribution in [2.45, 2.75) is 45.5 Å². The van der Waals surface area contributed by atoms with E-state index in [2.05, 4.69) is 20.6 Å². The molecule has 2 amide bonds. The maximum absolute atomic E-state index is 13.3. The molecule has 9 nitrogen and oxygen atoms in total. The highest BCUT2D eigenvalue weighted by Gasteiger charge is 2.28. The molecule has 0 aliphatic carbocycles. The third-order valence-electron chi connectivity index (χ3n) is 6.03. The number of hydrogen-bond donors (Lipinski definition) is 2. The Balaban J connectivity index is 1.55. The van der Waals surface area contributed by atoms with Crippen molar-refractivity contribution in [2.75, 3.05) is 13.7 Å². The number of methoxy groups -OCH3 is 1. The summed E-state index contributed by atoms with van der Waals surface area (Å²) in [5, 5.41) is 5.93. The van der Waals surface area contributed by atoms with Crippen LogP contribution in [-0.2, 0) is 17.9 Å². The Labute approximate surface area is 202 Å². The molecule has 0 spiro atoms. The monoisotopic (exact) mass is 481 g/mol. The highest BCUT2D eigenvalue weighted by atomic mass is 19.1. The molecule has 3 heterocycles. The molecule has 4 rings (SSSR count). The summed E-state index contributed by atoms with van der Waals surface area (Å²) in [7, 11) is 1.51. The summed E-state index contributed by atoms with van der Waals surface area (Å²) in [6.07, 6.45) is 3.67. The summed E-state index contributed by atoms with van der Waals surface area (Å²) in [4.78, 5) is 34.9. The van der Waals surface area contributed by atoms with E-state index in [-0.39, 0.29) is 36.3 Å². The fraction of sp³-hybridized carbons (Fsp3) is 0.360. The van der Waals surface area contributed by atoms with E-state index >= 15 is 0 Å². The minimum Gasteiger partial charge on any atom is -0.480 e. The average molecular weight is 482 g/mol. The van der Waals surface area contributed by atoms with Crippen molar-refractivity contribution in [2.24, 2.45) is 0 Å². The van der Waals surface area contributed by atoms with E-state index in [0.29, 0.717) is 48.1 Å². The SMILES string of the molecule is CC[C@H](NC(=O)c1cc(C(=O)N[C@H](C)c2ccc(F)cc2)n2c1COCC2)c1cnc(OC)cn1. The highest BCUT2D eigenvalue weighted by molar-refractivity contribution is 6.01. The van der Waals surface area contributed by atoms with E-state index in [4.69, 9.17) is 9.47 Å². The second kappa shape index (κ2) is 10.6. The molecule has 3 aromatic rings. The lowest BCUT2D eigenvalue weighted by Gasteiger charge is -2.21. The standard InChI is InChI=1S/C25H28FN5O4/c1-4-19(20-12-28-23(34-3)13-27-20)30-24(32)18-11-21(31-9-10-35-14-22(18)31)25(33)29-15(2)16-5-7-17(26)8-6-16/h5-8,11-13,15,19H,4,9-10,14H2,1-3H3,(H,29,33)(H,30,32)/t15-,19+/m1/s1. The van der Waals surface area contributed by atoms with Crippen LogP contribution in [0.1, 0.15) is 70.1 Å². The van der Waals surface area contributed by atoms with Crippen molar-refractivity contribution >= 4 is 11.8 Å². The van der Waals surface area contributed by atoms with Crippen LogP contribution in [0, 0.1) is 5.82 Å². The van der Waals surface area contributed by atoms with E-state index < -0.39 is 0 Å². The fourth-order valence-corrected chi connectivity index (χ4v) is 4.05. The maximum atomic E-state index is 13.3. The molecule has 0 bridgehead atoms. The number of ether oxygens (including phenoxy) is 2. The molecule has 1 aromatic carbocycles. The fourth-order valence-electron chi connectivity index (χ4n) is 4.05. The van der Waals surface area contributed by atoms with E-state index in [1.807, 2.05) is 18.4 Å². The van der Waals surface area contributed by atoms with Crippen LogP contribution in [0.15, 0.2) is 42.7 Å².